The zero-order chi connectivity index (χ0) is 9.19. The lowest BCUT2D eigenvalue weighted by atomic mass is 9.73. The van der Waals surface area contributed by atoms with E-state index < -0.39 is 0 Å². The van der Waals surface area contributed by atoms with Crippen LogP contribution in [0.4, 0.5) is 0 Å². The molecule has 0 bridgehead atoms. The van der Waals surface area contributed by atoms with Crippen LogP contribution >= 0.6 is 0 Å². The average molecular weight is 164 g/mol. The smallest absolute Gasteiger partial charge is 0.00830 e. The molecule has 0 unspecified atom stereocenters. The lowest BCUT2D eigenvalue weighted by Crippen LogP contribution is -2.18. The molecule has 0 heteroatoms. The fraction of sp³-hybridized carbons (Fsp3) is 0.667. The van der Waals surface area contributed by atoms with Gasteiger partial charge in [0.2, 0.25) is 0 Å². The molecule has 0 nitrogen and oxygen atoms in total. The molecule has 0 atom stereocenters. The monoisotopic (exact) mass is 164 g/mol. The second kappa shape index (κ2) is 3.47. The van der Waals surface area contributed by atoms with E-state index >= 15 is 0 Å². The van der Waals surface area contributed by atoms with Crippen molar-refractivity contribution in [3.63, 3.8) is 0 Å². The largest absolute Gasteiger partial charge is 0.0777 e. The second-order valence-electron chi connectivity index (χ2n) is 4.04. The van der Waals surface area contributed by atoms with E-state index in [0.717, 1.165) is 0 Å². The first-order chi connectivity index (χ1) is 5.63. The minimum absolute atomic E-state index is 0.476. The summed E-state index contributed by atoms with van der Waals surface area (Å²) in [6.07, 6.45) is 8.51. The molecule has 0 saturated carbocycles. The maximum atomic E-state index is 2.41. The van der Waals surface area contributed by atoms with E-state index in [0.29, 0.717) is 5.41 Å². The fourth-order valence-corrected chi connectivity index (χ4v) is 1.91. The Morgan fingerprint density at radius 3 is 2.25 bits per heavy atom. The van der Waals surface area contributed by atoms with Gasteiger partial charge < -0.3 is 0 Å². The highest BCUT2D eigenvalue weighted by atomic mass is 14.3. The van der Waals surface area contributed by atoms with Crippen LogP contribution in [-0.4, -0.2) is 0 Å². The van der Waals surface area contributed by atoms with Gasteiger partial charge in [0.1, 0.15) is 0 Å². The summed E-state index contributed by atoms with van der Waals surface area (Å²) < 4.78 is 0. The third kappa shape index (κ3) is 1.63. The summed E-state index contributed by atoms with van der Waals surface area (Å²) in [4.78, 5) is 0. The summed E-state index contributed by atoms with van der Waals surface area (Å²) in [5.74, 6) is 0. The van der Waals surface area contributed by atoms with Crippen molar-refractivity contribution in [3.05, 3.63) is 23.3 Å². The fourth-order valence-electron chi connectivity index (χ4n) is 1.91. The first-order valence-electron chi connectivity index (χ1n) is 4.99. The van der Waals surface area contributed by atoms with Crippen LogP contribution in [0, 0.1) is 5.41 Å². The molecule has 1 rings (SSSR count). The number of hydrogen-bond donors (Lipinski definition) is 0. The molecule has 0 N–H and O–H groups in total. The molecule has 0 aromatic carbocycles. The Balaban J connectivity index is 2.84. The highest BCUT2D eigenvalue weighted by Gasteiger charge is 2.25. The van der Waals surface area contributed by atoms with Crippen molar-refractivity contribution in [2.45, 2.75) is 47.0 Å². The van der Waals surface area contributed by atoms with Crippen LogP contribution in [0.15, 0.2) is 23.3 Å². The van der Waals surface area contributed by atoms with E-state index in [9.17, 15) is 0 Å². The quantitative estimate of drug-likeness (QED) is 0.576. The molecule has 0 spiro atoms. The highest BCUT2D eigenvalue weighted by Crippen LogP contribution is 2.39. The van der Waals surface area contributed by atoms with E-state index in [-0.39, 0.29) is 0 Å². The van der Waals surface area contributed by atoms with Gasteiger partial charge in [-0.3, -0.25) is 0 Å². The molecule has 0 saturated heterocycles. The van der Waals surface area contributed by atoms with Gasteiger partial charge in [0.05, 0.1) is 0 Å². The van der Waals surface area contributed by atoms with E-state index in [1.54, 1.807) is 5.57 Å². The van der Waals surface area contributed by atoms with Crippen molar-refractivity contribution in [1.82, 2.24) is 0 Å². The van der Waals surface area contributed by atoms with E-state index in [1.807, 2.05) is 0 Å². The van der Waals surface area contributed by atoms with Gasteiger partial charge in [-0.2, -0.15) is 0 Å². The van der Waals surface area contributed by atoms with Crippen molar-refractivity contribution >= 4 is 0 Å². The molecule has 68 valence electrons. The molecule has 0 radical (unpaired) electrons. The van der Waals surface area contributed by atoms with Crippen molar-refractivity contribution < 1.29 is 0 Å². The second-order valence-corrected chi connectivity index (χ2v) is 4.04. The van der Waals surface area contributed by atoms with Crippen molar-refractivity contribution in [2.75, 3.05) is 0 Å². The zero-order valence-corrected chi connectivity index (χ0v) is 8.78. The Bertz CT molecular complexity index is 214. The van der Waals surface area contributed by atoms with Crippen LogP contribution in [0.5, 0.6) is 0 Å². The standard InChI is InChI=1S/C12H20/c1-5-12(6-2)8-7-10(3)11(4)9-12/h7-8H,5-6,9H2,1-4H3. The van der Waals surface area contributed by atoms with Gasteiger partial charge in [-0.25, -0.2) is 0 Å². The normalized spacial score (nSPS) is 21.7. The topological polar surface area (TPSA) is 0 Å². The average Bonchev–Trinajstić information content (AvgIpc) is 2.10. The van der Waals surface area contributed by atoms with Gasteiger partial charge in [0, 0.05) is 0 Å². The van der Waals surface area contributed by atoms with Crippen LogP contribution in [0.1, 0.15) is 47.0 Å². The first kappa shape index (κ1) is 9.57. The molecule has 12 heavy (non-hydrogen) atoms. The summed E-state index contributed by atoms with van der Waals surface area (Å²) in [5.41, 5.74) is 3.51. The summed E-state index contributed by atoms with van der Waals surface area (Å²) in [7, 11) is 0. The van der Waals surface area contributed by atoms with Gasteiger partial charge in [-0.15, -0.1) is 0 Å². The van der Waals surface area contributed by atoms with Gasteiger partial charge in [0.25, 0.3) is 0 Å². The van der Waals surface area contributed by atoms with Crippen LogP contribution in [0.2, 0.25) is 0 Å². The van der Waals surface area contributed by atoms with Gasteiger partial charge in [-0.05, 0) is 38.5 Å². The summed E-state index contributed by atoms with van der Waals surface area (Å²) in [5, 5.41) is 0. The molecular formula is C12H20. The van der Waals surface area contributed by atoms with Gasteiger partial charge in [0.15, 0.2) is 0 Å². The molecule has 0 heterocycles. The third-order valence-electron chi connectivity index (χ3n) is 3.39. The highest BCUT2D eigenvalue weighted by molar-refractivity contribution is 5.30. The molecule has 1 aliphatic carbocycles. The first-order valence-corrected chi connectivity index (χ1v) is 4.99. The maximum Gasteiger partial charge on any atom is -0.00830 e. The molecule has 1 aliphatic rings. The SMILES string of the molecule is CCC1(CC)C=CC(C)=C(C)C1. The maximum absolute atomic E-state index is 2.41. The van der Waals surface area contributed by atoms with E-state index in [1.165, 1.54) is 24.8 Å². The van der Waals surface area contributed by atoms with Crippen LogP contribution in [0.25, 0.3) is 0 Å². The summed E-state index contributed by atoms with van der Waals surface area (Å²) in [6, 6.07) is 0. The summed E-state index contributed by atoms with van der Waals surface area (Å²) >= 11 is 0. The Morgan fingerprint density at radius 1 is 1.25 bits per heavy atom. The number of hydrogen-bond acceptors (Lipinski definition) is 0. The van der Waals surface area contributed by atoms with E-state index in [2.05, 4.69) is 39.8 Å². The third-order valence-corrected chi connectivity index (χ3v) is 3.39. The lowest BCUT2D eigenvalue weighted by Gasteiger charge is -2.32. The van der Waals surface area contributed by atoms with Crippen molar-refractivity contribution in [3.8, 4) is 0 Å². The molecule has 0 amide bonds. The number of allylic oxidation sites excluding steroid dienone is 4. The molecule has 0 aromatic heterocycles. The van der Waals surface area contributed by atoms with Crippen LogP contribution in [-0.2, 0) is 0 Å². The molecule has 0 aliphatic heterocycles. The summed E-state index contributed by atoms with van der Waals surface area (Å²) in [6.45, 7) is 9.06. The molecule has 0 aromatic rings. The van der Waals surface area contributed by atoms with Crippen molar-refractivity contribution in [1.29, 1.82) is 0 Å². The molecule has 0 fully saturated rings. The number of rotatable bonds is 2. The Hall–Kier alpha value is -0.520. The minimum atomic E-state index is 0.476. The minimum Gasteiger partial charge on any atom is -0.0777 e. The van der Waals surface area contributed by atoms with Crippen molar-refractivity contribution in [2.24, 2.45) is 5.41 Å². The Labute approximate surface area is 76.4 Å². The predicted octanol–water partition coefficient (Wildman–Crippen LogP) is 4.09. The lowest BCUT2D eigenvalue weighted by molar-refractivity contribution is 0.344. The zero-order valence-electron chi connectivity index (χ0n) is 8.78. The van der Waals surface area contributed by atoms with Crippen LogP contribution in [0.3, 0.4) is 0 Å². The van der Waals surface area contributed by atoms with E-state index in [4.69, 9.17) is 0 Å². The predicted molar refractivity (Wildman–Crippen MR) is 55.1 cm³/mol. The van der Waals surface area contributed by atoms with Gasteiger partial charge in [-0.1, -0.05) is 37.1 Å². The molecular weight excluding hydrogens is 144 g/mol. The van der Waals surface area contributed by atoms with Crippen LogP contribution < -0.4 is 0 Å². The van der Waals surface area contributed by atoms with Gasteiger partial charge >= 0.3 is 0 Å². The Morgan fingerprint density at radius 2 is 1.83 bits per heavy atom. The Kier molecular flexibility index (Phi) is 2.76.